The van der Waals surface area contributed by atoms with Crippen LogP contribution in [0.1, 0.15) is 28.4 Å². The normalized spacial score (nSPS) is 14.4. The number of quaternary nitrogens is 1. The number of carbonyl (C=O) groups excluding carboxylic acids is 2. The molecule has 2 aromatic rings. The van der Waals surface area contributed by atoms with Gasteiger partial charge in [0.05, 0.1) is 31.1 Å². The average Bonchev–Trinajstić information content (AvgIpc) is 2.74. The van der Waals surface area contributed by atoms with Crippen LogP contribution in [-0.2, 0) is 11.2 Å². The number of rotatable bonds is 6. The first-order valence-electron chi connectivity index (χ1n) is 10.1. The van der Waals surface area contributed by atoms with Crippen molar-refractivity contribution >= 4 is 23.2 Å². The molecule has 0 radical (unpaired) electrons. The fourth-order valence-corrected chi connectivity index (χ4v) is 3.70. The number of aryl methyl sites for hydroxylation is 2. The zero-order chi connectivity index (χ0) is 21.7. The van der Waals surface area contributed by atoms with Crippen LogP contribution in [0.2, 0.25) is 0 Å². The number of hydrogen-bond donors (Lipinski definition) is 2. The molecule has 2 N–H and O–H groups in total. The third-order valence-corrected chi connectivity index (χ3v) is 5.49. The van der Waals surface area contributed by atoms with Gasteiger partial charge in [-0.3, -0.25) is 19.7 Å². The van der Waals surface area contributed by atoms with Gasteiger partial charge in [-0.1, -0.05) is 31.2 Å². The summed E-state index contributed by atoms with van der Waals surface area (Å²) in [6.45, 7) is 6.37. The highest BCUT2D eigenvalue weighted by atomic mass is 16.6. The van der Waals surface area contributed by atoms with Crippen molar-refractivity contribution in [2.24, 2.45) is 0 Å². The fraction of sp³-hybridized carbons (Fsp3) is 0.364. The van der Waals surface area contributed by atoms with Crippen molar-refractivity contribution in [3.05, 3.63) is 69.3 Å². The van der Waals surface area contributed by atoms with Crippen LogP contribution in [0, 0.1) is 17.0 Å². The lowest BCUT2D eigenvalue weighted by atomic mass is 10.1. The van der Waals surface area contributed by atoms with E-state index in [1.54, 1.807) is 24.0 Å². The number of nitrogens with zero attached hydrogens (tertiary/aromatic N) is 2. The predicted octanol–water partition coefficient (Wildman–Crippen LogP) is 1.45. The van der Waals surface area contributed by atoms with Gasteiger partial charge in [-0.25, -0.2) is 0 Å². The van der Waals surface area contributed by atoms with E-state index >= 15 is 0 Å². The van der Waals surface area contributed by atoms with E-state index in [0.29, 0.717) is 43.9 Å². The van der Waals surface area contributed by atoms with Crippen LogP contribution in [0.5, 0.6) is 0 Å². The molecule has 30 heavy (non-hydrogen) atoms. The molecule has 0 atom stereocenters. The second-order valence-corrected chi connectivity index (χ2v) is 7.54. The molecule has 0 unspecified atom stereocenters. The van der Waals surface area contributed by atoms with Gasteiger partial charge in [-0.05, 0) is 31.0 Å². The van der Waals surface area contributed by atoms with Crippen molar-refractivity contribution in [2.45, 2.75) is 20.3 Å². The highest BCUT2D eigenvalue weighted by Gasteiger charge is 2.27. The van der Waals surface area contributed by atoms with Crippen LogP contribution in [0.25, 0.3) is 0 Å². The molecule has 8 nitrogen and oxygen atoms in total. The fourth-order valence-electron chi connectivity index (χ4n) is 3.70. The van der Waals surface area contributed by atoms with Gasteiger partial charge < -0.3 is 15.1 Å². The number of nitrogens with one attached hydrogen (secondary N) is 2. The summed E-state index contributed by atoms with van der Waals surface area (Å²) in [5, 5.41) is 14.1. The summed E-state index contributed by atoms with van der Waals surface area (Å²) >= 11 is 0. The Morgan fingerprint density at radius 1 is 1.17 bits per heavy atom. The minimum atomic E-state index is -0.469. The number of benzene rings is 2. The zero-order valence-corrected chi connectivity index (χ0v) is 17.3. The zero-order valence-electron chi connectivity index (χ0n) is 17.3. The van der Waals surface area contributed by atoms with Crippen molar-refractivity contribution in [1.82, 2.24) is 4.90 Å². The molecular formula is C22H27N4O4+. The van der Waals surface area contributed by atoms with Gasteiger partial charge in [-0.15, -0.1) is 0 Å². The van der Waals surface area contributed by atoms with Crippen molar-refractivity contribution in [1.29, 1.82) is 0 Å². The van der Waals surface area contributed by atoms with E-state index in [1.807, 2.05) is 24.3 Å². The summed E-state index contributed by atoms with van der Waals surface area (Å²) in [5.41, 5.74) is 2.75. The molecule has 0 aliphatic carbocycles. The van der Waals surface area contributed by atoms with Crippen LogP contribution in [0.3, 0.4) is 0 Å². The van der Waals surface area contributed by atoms with E-state index in [9.17, 15) is 19.7 Å². The molecule has 0 spiro atoms. The third-order valence-electron chi connectivity index (χ3n) is 5.49. The first kappa shape index (κ1) is 21.4. The lowest BCUT2D eigenvalue weighted by Crippen LogP contribution is -3.15. The maximum absolute atomic E-state index is 12.7. The minimum Gasteiger partial charge on any atom is -0.327 e. The van der Waals surface area contributed by atoms with Crippen LogP contribution in [0.15, 0.2) is 42.5 Å². The van der Waals surface area contributed by atoms with E-state index in [1.165, 1.54) is 6.07 Å². The number of nitro benzene ring substituents is 1. The standard InChI is InChI=1S/C22H26N4O4/c1-3-17-6-4-5-7-19(17)23-21(27)15-24-10-12-25(13-11-24)22(28)18-9-8-16(2)20(14-18)26(29)30/h4-9,14H,3,10-13,15H2,1-2H3,(H,23,27)/p+1. The van der Waals surface area contributed by atoms with Crippen LogP contribution in [0.4, 0.5) is 11.4 Å². The Morgan fingerprint density at radius 3 is 2.53 bits per heavy atom. The van der Waals surface area contributed by atoms with E-state index < -0.39 is 4.92 Å². The minimum absolute atomic E-state index is 0.0418. The summed E-state index contributed by atoms with van der Waals surface area (Å²) in [6.07, 6.45) is 0.848. The highest BCUT2D eigenvalue weighted by molar-refractivity contribution is 5.95. The van der Waals surface area contributed by atoms with Crippen molar-refractivity contribution in [3.8, 4) is 0 Å². The molecular weight excluding hydrogens is 384 g/mol. The molecule has 158 valence electrons. The van der Waals surface area contributed by atoms with Gasteiger partial charge in [-0.2, -0.15) is 0 Å². The second kappa shape index (κ2) is 9.49. The number of para-hydroxylation sites is 1. The first-order chi connectivity index (χ1) is 14.4. The maximum atomic E-state index is 12.7. The van der Waals surface area contributed by atoms with Gasteiger partial charge in [0, 0.05) is 22.9 Å². The molecule has 0 bridgehead atoms. The summed E-state index contributed by atoms with van der Waals surface area (Å²) in [5.74, 6) is -0.252. The van der Waals surface area contributed by atoms with Gasteiger partial charge in [0.2, 0.25) is 0 Å². The lowest BCUT2D eigenvalue weighted by Gasteiger charge is -2.32. The number of anilines is 1. The predicted molar refractivity (Wildman–Crippen MR) is 114 cm³/mol. The van der Waals surface area contributed by atoms with E-state index in [2.05, 4.69) is 12.2 Å². The second-order valence-electron chi connectivity index (χ2n) is 7.54. The summed E-state index contributed by atoms with van der Waals surface area (Å²) < 4.78 is 0. The van der Waals surface area contributed by atoms with Gasteiger partial charge in [0.1, 0.15) is 0 Å². The largest absolute Gasteiger partial charge is 0.327 e. The summed E-state index contributed by atoms with van der Waals surface area (Å²) in [6, 6.07) is 12.3. The highest BCUT2D eigenvalue weighted by Crippen LogP contribution is 2.20. The van der Waals surface area contributed by atoms with E-state index in [-0.39, 0.29) is 17.5 Å². The Labute approximate surface area is 175 Å². The van der Waals surface area contributed by atoms with Crippen LogP contribution < -0.4 is 10.2 Å². The number of nitro groups is 1. The van der Waals surface area contributed by atoms with Crippen molar-refractivity contribution < 1.29 is 19.4 Å². The third kappa shape index (κ3) is 5.01. The molecule has 8 heteroatoms. The molecule has 1 heterocycles. The van der Waals surface area contributed by atoms with E-state index in [0.717, 1.165) is 22.6 Å². The number of carbonyl (C=O) groups is 2. The molecule has 1 saturated heterocycles. The Kier molecular flexibility index (Phi) is 6.79. The van der Waals surface area contributed by atoms with Crippen LogP contribution >= 0.6 is 0 Å². The van der Waals surface area contributed by atoms with E-state index in [4.69, 9.17) is 0 Å². The smallest absolute Gasteiger partial charge is 0.279 e. The molecule has 0 saturated carbocycles. The molecule has 3 rings (SSSR count). The Balaban J connectivity index is 1.54. The Hall–Kier alpha value is -3.26. The lowest BCUT2D eigenvalue weighted by molar-refractivity contribution is -0.895. The first-order valence-corrected chi connectivity index (χ1v) is 10.1. The molecule has 0 aromatic heterocycles. The van der Waals surface area contributed by atoms with Crippen molar-refractivity contribution in [3.63, 3.8) is 0 Å². The summed E-state index contributed by atoms with van der Waals surface area (Å²) in [4.78, 5) is 38.7. The maximum Gasteiger partial charge on any atom is 0.279 e. The molecule has 1 fully saturated rings. The molecule has 1 aliphatic rings. The number of hydrogen-bond acceptors (Lipinski definition) is 4. The average molecular weight is 411 g/mol. The SMILES string of the molecule is CCc1ccccc1NC(=O)C[NH+]1CCN(C(=O)c2ccc(C)c([N+](=O)[O-])c2)CC1. The quantitative estimate of drug-likeness (QED) is 0.555. The monoisotopic (exact) mass is 411 g/mol. The molecule has 2 amide bonds. The Bertz CT molecular complexity index is 952. The van der Waals surface area contributed by atoms with Gasteiger partial charge >= 0.3 is 0 Å². The number of piperazine rings is 1. The van der Waals surface area contributed by atoms with Gasteiger partial charge in [0.15, 0.2) is 6.54 Å². The van der Waals surface area contributed by atoms with Crippen LogP contribution in [-0.4, -0.2) is 54.4 Å². The van der Waals surface area contributed by atoms with Crippen molar-refractivity contribution in [2.75, 3.05) is 38.0 Å². The summed E-state index contributed by atoms with van der Waals surface area (Å²) in [7, 11) is 0. The molecule has 1 aliphatic heterocycles. The Morgan fingerprint density at radius 2 is 1.87 bits per heavy atom. The number of amides is 2. The van der Waals surface area contributed by atoms with Gasteiger partial charge in [0.25, 0.3) is 17.5 Å². The topological polar surface area (TPSA) is 97.0 Å². The molecule has 2 aromatic carbocycles.